The number of ether oxygens (including phenoxy) is 1. The van der Waals surface area contributed by atoms with Gasteiger partial charge in [-0.3, -0.25) is 19.7 Å². The molecule has 4 rings (SSSR count). The number of hydrogen-bond donors (Lipinski definition) is 1. The van der Waals surface area contributed by atoms with Gasteiger partial charge in [-0.2, -0.15) is 9.78 Å². The Balaban J connectivity index is 1.65. The number of nitro benzene ring substituents is 1. The number of aromatic nitrogens is 2. The molecular formula is C28H25Br2N5O5. The Morgan fingerprint density at radius 2 is 1.98 bits per heavy atom. The number of benzene rings is 3. The van der Waals surface area contributed by atoms with Crippen molar-refractivity contribution in [2.45, 2.75) is 33.1 Å². The van der Waals surface area contributed by atoms with Crippen LogP contribution in [0.5, 0.6) is 5.75 Å². The first-order chi connectivity index (χ1) is 19.1. The van der Waals surface area contributed by atoms with Gasteiger partial charge in [0.15, 0.2) is 6.61 Å². The van der Waals surface area contributed by atoms with E-state index < -0.39 is 17.4 Å². The van der Waals surface area contributed by atoms with E-state index in [2.05, 4.69) is 47.3 Å². The molecule has 40 heavy (non-hydrogen) atoms. The van der Waals surface area contributed by atoms with Gasteiger partial charge in [0.25, 0.3) is 11.5 Å². The lowest BCUT2D eigenvalue weighted by Crippen LogP contribution is -2.23. The minimum Gasteiger partial charge on any atom is -0.476 e. The van der Waals surface area contributed by atoms with Crippen molar-refractivity contribution in [2.24, 2.45) is 5.10 Å². The molecule has 0 aliphatic carbocycles. The average Bonchev–Trinajstić information content (AvgIpc) is 2.92. The number of aryl methyl sites for hydroxylation is 1. The Hall–Kier alpha value is -3.90. The second-order valence-corrected chi connectivity index (χ2v) is 10.8. The molecule has 0 unspecified atom stereocenters. The van der Waals surface area contributed by atoms with Gasteiger partial charge in [0.05, 0.1) is 26.5 Å². The summed E-state index contributed by atoms with van der Waals surface area (Å²) in [5, 5.41) is 19.4. The van der Waals surface area contributed by atoms with Crippen LogP contribution in [0.25, 0.3) is 10.9 Å². The predicted molar refractivity (Wildman–Crippen MR) is 162 cm³/mol. The zero-order valence-corrected chi connectivity index (χ0v) is 25.0. The van der Waals surface area contributed by atoms with E-state index in [0.717, 1.165) is 16.5 Å². The fourth-order valence-electron chi connectivity index (χ4n) is 3.89. The lowest BCUT2D eigenvalue weighted by molar-refractivity contribution is -0.385. The minimum absolute atomic E-state index is 0.0689. The van der Waals surface area contributed by atoms with Crippen LogP contribution in [0.1, 0.15) is 43.1 Å². The molecule has 12 heteroatoms. The van der Waals surface area contributed by atoms with E-state index >= 15 is 0 Å². The van der Waals surface area contributed by atoms with Crippen LogP contribution in [0, 0.1) is 17.0 Å². The summed E-state index contributed by atoms with van der Waals surface area (Å²) in [5.74, 6) is -0.155. The highest BCUT2D eigenvalue weighted by atomic mass is 79.9. The van der Waals surface area contributed by atoms with Crippen molar-refractivity contribution in [3.63, 3.8) is 0 Å². The number of fused-ring (bicyclic) bond motifs is 1. The second-order valence-electron chi connectivity index (χ2n) is 9.06. The predicted octanol–water partition coefficient (Wildman–Crippen LogP) is 6.55. The molecule has 4 aromatic rings. The van der Waals surface area contributed by atoms with Crippen LogP contribution in [0.15, 0.2) is 73.4 Å². The van der Waals surface area contributed by atoms with E-state index in [1.54, 1.807) is 30.3 Å². The van der Waals surface area contributed by atoms with Crippen molar-refractivity contribution in [1.29, 1.82) is 0 Å². The second kappa shape index (κ2) is 12.5. The molecule has 3 aromatic carbocycles. The number of carbonyl (C=O) groups is 1. The molecule has 206 valence electrons. The fourth-order valence-corrected chi connectivity index (χ4v) is 4.84. The Morgan fingerprint density at radius 3 is 2.67 bits per heavy atom. The molecule has 1 atom stereocenters. The van der Waals surface area contributed by atoms with Gasteiger partial charge in [0, 0.05) is 27.7 Å². The molecule has 1 heterocycles. The Morgan fingerprint density at radius 1 is 1.23 bits per heavy atom. The third-order valence-electron chi connectivity index (χ3n) is 6.22. The maximum absolute atomic E-state index is 13.4. The number of hydrogen-bond acceptors (Lipinski definition) is 7. The molecule has 0 aliphatic rings. The maximum atomic E-state index is 13.4. The zero-order valence-electron chi connectivity index (χ0n) is 21.9. The van der Waals surface area contributed by atoms with Gasteiger partial charge < -0.3 is 10.1 Å². The normalized spacial score (nSPS) is 12.0. The minimum atomic E-state index is -0.609. The highest BCUT2D eigenvalue weighted by Gasteiger charge is 2.22. The molecule has 0 bridgehead atoms. The highest BCUT2D eigenvalue weighted by Crippen LogP contribution is 2.36. The lowest BCUT2D eigenvalue weighted by atomic mass is 10.1. The van der Waals surface area contributed by atoms with E-state index in [1.807, 2.05) is 39.0 Å². The summed E-state index contributed by atoms with van der Waals surface area (Å²) in [4.78, 5) is 41.7. The standard InChI is InChI=1S/C28H25Br2N5O5/c1-4-16(2)27-33-23-10-9-19(29)13-20(23)28(37)34(27)31-14-18-11-21(30)26(24(12-18)35(38)39)40-15-25(36)32-22-8-6-5-7-17(22)3/h5-14,16H,4,15H2,1-3H3,(H,32,36)/t16-/m1/s1. The molecule has 0 saturated carbocycles. The zero-order chi connectivity index (χ0) is 29.0. The Labute approximate surface area is 246 Å². The summed E-state index contributed by atoms with van der Waals surface area (Å²) in [5.41, 5.74) is 1.67. The lowest BCUT2D eigenvalue weighted by Gasteiger charge is -2.14. The molecule has 1 N–H and O–H groups in total. The molecular weight excluding hydrogens is 646 g/mol. The number of anilines is 1. The first kappa shape index (κ1) is 29.1. The van der Waals surface area contributed by atoms with Gasteiger partial charge in [0.1, 0.15) is 5.82 Å². The number of nitro groups is 1. The number of para-hydroxylation sites is 1. The van der Waals surface area contributed by atoms with Crippen LogP contribution in [-0.2, 0) is 4.79 Å². The summed E-state index contributed by atoms with van der Waals surface area (Å²) in [6.45, 7) is 5.34. The van der Waals surface area contributed by atoms with E-state index in [4.69, 9.17) is 4.74 Å². The van der Waals surface area contributed by atoms with Gasteiger partial charge in [-0.05, 0) is 65.2 Å². The van der Waals surface area contributed by atoms with E-state index in [-0.39, 0.29) is 27.4 Å². The fraction of sp³-hybridized carbons (Fsp3) is 0.214. The van der Waals surface area contributed by atoms with Crippen LogP contribution in [0.2, 0.25) is 0 Å². The Bertz CT molecular complexity index is 1700. The first-order valence-electron chi connectivity index (χ1n) is 12.3. The summed E-state index contributed by atoms with van der Waals surface area (Å²) in [6, 6.07) is 15.3. The monoisotopic (exact) mass is 669 g/mol. The Kier molecular flexibility index (Phi) is 9.10. The number of nitrogens with one attached hydrogen (secondary N) is 1. The number of halogens is 2. The number of rotatable bonds is 9. The van der Waals surface area contributed by atoms with Crippen molar-refractivity contribution in [3.05, 3.63) is 101 Å². The van der Waals surface area contributed by atoms with Crippen molar-refractivity contribution in [1.82, 2.24) is 9.66 Å². The maximum Gasteiger partial charge on any atom is 0.312 e. The van der Waals surface area contributed by atoms with E-state index in [1.165, 1.54) is 17.0 Å². The molecule has 0 spiro atoms. The molecule has 1 aromatic heterocycles. The van der Waals surface area contributed by atoms with Crippen molar-refractivity contribution < 1.29 is 14.5 Å². The topological polar surface area (TPSA) is 129 Å². The van der Waals surface area contributed by atoms with Crippen molar-refractivity contribution in [2.75, 3.05) is 11.9 Å². The van der Waals surface area contributed by atoms with Crippen LogP contribution < -0.4 is 15.6 Å². The van der Waals surface area contributed by atoms with E-state index in [0.29, 0.717) is 28.0 Å². The third kappa shape index (κ3) is 6.45. The summed E-state index contributed by atoms with van der Waals surface area (Å²) in [7, 11) is 0. The van der Waals surface area contributed by atoms with Crippen LogP contribution in [0.4, 0.5) is 11.4 Å². The van der Waals surface area contributed by atoms with Crippen LogP contribution in [0.3, 0.4) is 0 Å². The highest BCUT2D eigenvalue weighted by molar-refractivity contribution is 9.10. The SMILES string of the molecule is CC[C@@H](C)c1nc2ccc(Br)cc2c(=O)n1N=Cc1cc(Br)c(OCC(=O)Nc2ccccc2C)c([N+](=O)[O-])c1. The quantitative estimate of drug-likeness (QED) is 0.122. The molecule has 0 aliphatic heterocycles. The molecule has 0 saturated heterocycles. The number of nitrogens with zero attached hydrogens (tertiary/aromatic N) is 4. The summed E-state index contributed by atoms with van der Waals surface area (Å²) >= 11 is 6.70. The van der Waals surface area contributed by atoms with Crippen molar-refractivity contribution in [3.8, 4) is 5.75 Å². The smallest absolute Gasteiger partial charge is 0.312 e. The van der Waals surface area contributed by atoms with Crippen LogP contribution in [-0.4, -0.2) is 33.3 Å². The molecule has 0 radical (unpaired) electrons. The van der Waals surface area contributed by atoms with Crippen LogP contribution >= 0.6 is 31.9 Å². The molecule has 0 fully saturated rings. The molecule has 1 amide bonds. The molecule has 10 nitrogen and oxygen atoms in total. The van der Waals surface area contributed by atoms with Gasteiger partial charge in [0.2, 0.25) is 5.75 Å². The number of carbonyl (C=O) groups excluding carboxylic acids is 1. The average molecular weight is 671 g/mol. The van der Waals surface area contributed by atoms with E-state index in [9.17, 15) is 19.7 Å². The number of amides is 1. The van der Waals surface area contributed by atoms with Gasteiger partial charge >= 0.3 is 5.69 Å². The van der Waals surface area contributed by atoms with Crippen molar-refractivity contribution >= 4 is 66.3 Å². The first-order valence-corrected chi connectivity index (χ1v) is 13.9. The van der Waals surface area contributed by atoms with Gasteiger partial charge in [-0.15, -0.1) is 0 Å². The largest absolute Gasteiger partial charge is 0.476 e. The summed E-state index contributed by atoms with van der Waals surface area (Å²) < 4.78 is 7.76. The third-order valence-corrected chi connectivity index (χ3v) is 7.30. The van der Waals surface area contributed by atoms with Gasteiger partial charge in [-0.1, -0.05) is 48.0 Å². The summed E-state index contributed by atoms with van der Waals surface area (Å²) in [6.07, 6.45) is 2.08. The van der Waals surface area contributed by atoms with Gasteiger partial charge in [-0.25, -0.2) is 4.98 Å².